The van der Waals surface area contributed by atoms with Crippen molar-refractivity contribution in [1.82, 2.24) is 4.98 Å². The molecule has 20 heavy (non-hydrogen) atoms. The van der Waals surface area contributed by atoms with Gasteiger partial charge < -0.3 is 10.4 Å². The van der Waals surface area contributed by atoms with Crippen molar-refractivity contribution in [1.29, 1.82) is 0 Å². The highest BCUT2D eigenvalue weighted by Gasteiger charge is 2.08. The van der Waals surface area contributed by atoms with Crippen LogP contribution in [0.15, 0.2) is 42.5 Å². The zero-order chi connectivity index (χ0) is 14.4. The van der Waals surface area contributed by atoms with E-state index in [9.17, 15) is 4.79 Å². The molecule has 4 nitrogen and oxygen atoms in total. The van der Waals surface area contributed by atoms with E-state index >= 15 is 0 Å². The second-order valence-corrected chi connectivity index (χ2v) is 4.63. The Morgan fingerprint density at radius 1 is 1.25 bits per heavy atom. The van der Waals surface area contributed by atoms with Gasteiger partial charge in [0.05, 0.1) is 5.56 Å². The van der Waals surface area contributed by atoms with Gasteiger partial charge in [-0.2, -0.15) is 0 Å². The SMILES string of the molecule is CCCc1cc(C(=O)O)cc(NCc2ccccc2)n1. The summed E-state index contributed by atoms with van der Waals surface area (Å²) in [4.78, 5) is 15.6. The van der Waals surface area contributed by atoms with Crippen LogP contribution in [0, 0.1) is 0 Å². The van der Waals surface area contributed by atoms with Crippen molar-refractivity contribution >= 4 is 11.8 Å². The van der Waals surface area contributed by atoms with Crippen LogP contribution in [0.3, 0.4) is 0 Å². The fourth-order valence-corrected chi connectivity index (χ4v) is 1.97. The molecule has 104 valence electrons. The molecule has 0 bridgehead atoms. The maximum atomic E-state index is 11.1. The average Bonchev–Trinajstić information content (AvgIpc) is 2.46. The number of anilines is 1. The van der Waals surface area contributed by atoms with Gasteiger partial charge >= 0.3 is 5.97 Å². The Morgan fingerprint density at radius 3 is 2.65 bits per heavy atom. The molecule has 0 saturated carbocycles. The van der Waals surface area contributed by atoms with Crippen molar-refractivity contribution in [3.8, 4) is 0 Å². The van der Waals surface area contributed by atoms with Crippen molar-refractivity contribution in [3.63, 3.8) is 0 Å². The summed E-state index contributed by atoms with van der Waals surface area (Å²) in [5.74, 6) is -0.315. The number of benzene rings is 1. The molecule has 0 unspecified atom stereocenters. The van der Waals surface area contributed by atoms with Crippen molar-refractivity contribution in [3.05, 3.63) is 59.3 Å². The largest absolute Gasteiger partial charge is 0.478 e. The van der Waals surface area contributed by atoms with E-state index in [-0.39, 0.29) is 5.56 Å². The molecule has 0 saturated heterocycles. The number of aryl methyl sites for hydroxylation is 1. The van der Waals surface area contributed by atoms with Gasteiger partial charge in [0.2, 0.25) is 0 Å². The standard InChI is InChI=1S/C16H18N2O2/c1-2-6-14-9-13(16(19)20)10-15(18-14)17-11-12-7-4-3-5-8-12/h3-5,7-10H,2,6,11H2,1H3,(H,17,18)(H,19,20). The second-order valence-electron chi connectivity index (χ2n) is 4.63. The van der Waals surface area contributed by atoms with Crippen LogP contribution in [0.5, 0.6) is 0 Å². The molecule has 0 radical (unpaired) electrons. The zero-order valence-electron chi connectivity index (χ0n) is 11.5. The summed E-state index contributed by atoms with van der Waals surface area (Å²) in [6.07, 6.45) is 1.72. The third kappa shape index (κ3) is 3.82. The molecule has 0 spiro atoms. The first-order chi connectivity index (χ1) is 9.69. The van der Waals surface area contributed by atoms with Crippen LogP contribution in [0.1, 0.15) is 35.0 Å². The van der Waals surface area contributed by atoms with Crippen LogP contribution >= 0.6 is 0 Å². The Bertz CT molecular complexity index is 582. The van der Waals surface area contributed by atoms with Crippen LogP contribution in [-0.2, 0) is 13.0 Å². The number of pyridine rings is 1. The molecule has 2 aromatic rings. The lowest BCUT2D eigenvalue weighted by Gasteiger charge is -2.09. The topological polar surface area (TPSA) is 62.2 Å². The van der Waals surface area contributed by atoms with Gasteiger partial charge in [-0.25, -0.2) is 9.78 Å². The Morgan fingerprint density at radius 2 is 2.00 bits per heavy atom. The number of carboxylic acids is 1. The summed E-state index contributed by atoms with van der Waals surface area (Å²) < 4.78 is 0. The summed E-state index contributed by atoms with van der Waals surface area (Å²) in [6, 6.07) is 13.2. The van der Waals surface area contributed by atoms with Gasteiger partial charge in [-0.05, 0) is 24.1 Å². The normalized spacial score (nSPS) is 10.2. The van der Waals surface area contributed by atoms with Crippen molar-refractivity contribution in [2.24, 2.45) is 0 Å². The lowest BCUT2D eigenvalue weighted by Crippen LogP contribution is -2.06. The van der Waals surface area contributed by atoms with Crippen LogP contribution in [-0.4, -0.2) is 16.1 Å². The number of carbonyl (C=O) groups is 1. The van der Waals surface area contributed by atoms with E-state index in [4.69, 9.17) is 5.11 Å². The molecule has 4 heteroatoms. The highest BCUT2D eigenvalue weighted by atomic mass is 16.4. The van der Waals surface area contributed by atoms with E-state index < -0.39 is 5.97 Å². The predicted octanol–water partition coefficient (Wildman–Crippen LogP) is 3.34. The molecule has 0 fully saturated rings. The smallest absolute Gasteiger partial charge is 0.335 e. The van der Waals surface area contributed by atoms with Gasteiger partial charge in [0.15, 0.2) is 0 Å². The minimum atomic E-state index is -0.924. The predicted molar refractivity (Wildman–Crippen MR) is 79.0 cm³/mol. The molecule has 1 aromatic carbocycles. The summed E-state index contributed by atoms with van der Waals surface area (Å²) in [5.41, 5.74) is 2.22. The summed E-state index contributed by atoms with van der Waals surface area (Å²) in [7, 11) is 0. The fourth-order valence-electron chi connectivity index (χ4n) is 1.97. The monoisotopic (exact) mass is 270 g/mol. The average molecular weight is 270 g/mol. The third-order valence-corrected chi connectivity index (χ3v) is 2.95. The summed E-state index contributed by atoms with van der Waals surface area (Å²) in [5, 5.41) is 12.3. The van der Waals surface area contributed by atoms with E-state index in [1.807, 2.05) is 37.3 Å². The van der Waals surface area contributed by atoms with Crippen molar-refractivity contribution in [2.45, 2.75) is 26.3 Å². The molecule has 2 rings (SSSR count). The van der Waals surface area contributed by atoms with Crippen LogP contribution in [0.2, 0.25) is 0 Å². The molecular weight excluding hydrogens is 252 g/mol. The first kappa shape index (κ1) is 14.1. The van der Waals surface area contributed by atoms with Crippen LogP contribution < -0.4 is 5.32 Å². The number of carboxylic acid groups (broad SMARTS) is 1. The molecule has 0 amide bonds. The molecule has 2 N–H and O–H groups in total. The molecule has 1 heterocycles. The number of nitrogens with zero attached hydrogens (tertiary/aromatic N) is 1. The number of hydrogen-bond acceptors (Lipinski definition) is 3. The lowest BCUT2D eigenvalue weighted by molar-refractivity contribution is 0.0696. The van der Waals surface area contributed by atoms with E-state index in [1.165, 1.54) is 0 Å². The number of hydrogen-bond donors (Lipinski definition) is 2. The molecule has 1 aromatic heterocycles. The minimum absolute atomic E-state index is 0.277. The highest BCUT2D eigenvalue weighted by Crippen LogP contribution is 2.13. The molecular formula is C16H18N2O2. The Kier molecular flexibility index (Phi) is 4.71. The Hall–Kier alpha value is -2.36. The van der Waals surface area contributed by atoms with E-state index in [0.29, 0.717) is 12.4 Å². The van der Waals surface area contributed by atoms with Gasteiger partial charge in [-0.3, -0.25) is 0 Å². The second kappa shape index (κ2) is 6.70. The van der Waals surface area contributed by atoms with Crippen molar-refractivity contribution in [2.75, 3.05) is 5.32 Å². The Labute approximate surface area is 118 Å². The lowest BCUT2D eigenvalue weighted by atomic mass is 10.1. The Balaban J connectivity index is 2.15. The first-order valence-corrected chi connectivity index (χ1v) is 6.71. The number of aromatic carboxylic acids is 1. The van der Waals surface area contributed by atoms with E-state index in [2.05, 4.69) is 10.3 Å². The number of aromatic nitrogens is 1. The highest BCUT2D eigenvalue weighted by molar-refractivity contribution is 5.88. The van der Waals surface area contributed by atoms with Gasteiger partial charge in [-0.15, -0.1) is 0 Å². The minimum Gasteiger partial charge on any atom is -0.478 e. The number of nitrogens with one attached hydrogen (secondary N) is 1. The summed E-state index contributed by atoms with van der Waals surface area (Å²) in [6.45, 7) is 2.68. The van der Waals surface area contributed by atoms with E-state index in [0.717, 1.165) is 24.1 Å². The fraction of sp³-hybridized carbons (Fsp3) is 0.250. The first-order valence-electron chi connectivity index (χ1n) is 6.71. The quantitative estimate of drug-likeness (QED) is 0.845. The molecule has 0 aliphatic heterocycles. The molecule has 0 atom stereocenters. The van der Waals surface area contributed by atoms with Gasteiger partial charge in [0.25, 0.3) is 0 Å². The number of rotatable bonds is 6. The van der Waals surface area contributed by atoms with Crippen LogP contribution in [0.4, 0.5) is 5.82 Å². The maximum Gasteiger partial charge on any atom is 0.335 e. The summed E-state index contributed by atoms with van der Waals surface area (Å²) >= 11 is 0. The maximum absolute atomic E-state index is 11.1. The van der Waals surface area contributed by atoms with Crippen LogP contribution in [0.25, 0.3) is 0 Å². The van der Waals surface area contributed by atoms with Gasteiger partial charge in [-0.1, -0.05) is 43.7 Å². The zero-order valence-corrected chi connectivity index (χ0v) is 11.5. The van der Waals surface area contributed by atoms with Crippen molar-refractivity contribution < 1.29 is 9.90 Å². The third-order valence-electron chi connectivity index (χ3n) is 2.95. The molecule has 0 aliphatic carbocycles. The van der Waals surface area contributed by atoms with E-state index in [1.54, 1.807) is 12.1 Å². The van der Waals surface area contributed by atoms with Gasteiger partial charge in [0, 0.05) is 12.2 Å². The van der Waals surface area contributed by atoms with Gasteiger partial charge in [0.1, 0.15) is 5.82 Å². The molecule has 0 aliphatic rings.